The molecule has 0 aromatic rings. The number of ether oxygens (including phenoxy) is 2. The summed E-state index contributed by atoms with van der Waals surface area (Å²) in [5, 5.41) is 22.9. The van der Waals surface area contributed by atoms with Gasteiger partial charge in [0.25, 0.3) is 0 Å². The molecule has 0 aliphatic heterocycles. The molecule has 2 N–H and O–H groups in total. The van der Waals surface area contributed by atoms with Gasteiger partial charge in [0.2, 0.25) is 0 Å². The average molecular weight is 601 g/mol. The number of hydrogen-bond acceptors (Lipinski definition) is 9. The number of fused-ring (bicyclic) bond motifs is 5. The third-order valence-electron chi connectivity index (χ3n) is 11.8. The fraction of sp³-hybridized carbons (Fsp3) is 0.735. The quantitative estimate of drug-likeness (QED) is 0.262. The minimum absolute atomic E-state index is 0.0812. The third-order valence-corrected chi connectivity index (χ3v) is 11.8. The van der Waals surface area contributed by atoms with Crippen LogP contribution in [-0.4, -0.2) is 62.9 Å². The van der Waals surface area contributed by atoms with Gasteiger partial charge in [-0.2, -0.15) is 0 Å². The van der Waals surface area contributed by atoms with E-state index in [0.717, 1.165) is 11.6 Å². The lowest BCUT2D eigenvalue weighted by atomic mass is 9.40. The molecule has 0 saturated heterocycles. The standard InChI is InChI=1S/C34H48O9/c1-18(35)42-23-17-32(8)20-11-12-24-30(5,6)28(40)22(37)16-31(24,7)21(20)15-26(39)33(32,9)27(23)34(10,41)25(38)13-14-29(3,4)43-19(2)36/h11,13-14,21-24,27,37,41H,12,15-17H2,1-10H3. The molecule has 9 atom stereocenters. The van der Waals surface area contributed by atoms with Crippen LogP contribution in [0.25, 0.3) is 0 Å². The van der Waals surface area contributed by atoms with Crippen LogP contribution in [0.2, 0.25) is 0 Å². The SMILES string of the molecule is CC(=O)OC1CC2(C)C3=CCC4C(C)(C)C(=O)C(O)CC4(C)C3CC(=O)C2(C)C1C(C)(O)C(=O)C=CC(C)(C)OC(C)=O. The zero-order chi connectivity index (χ0) is 32.7. The van der Waals surface area contributed by atoms with Crippen molar-refractivity contribution in [3.8, 4) is 0 Å². The molecule has 43 heavy (non-hydrogen) atoms. The van der Waals surface area contributed by atoms with E-state index in [1.807, 2.05) is 20.8 Å². The van der Waals surface area contributed by atoms with Gasteiger partial charge in [0, 0.05) is 42.4 Å². The number of carbonyl (C=O) groups excluding carboxylic acids is 5. The molecule has 3 fully saturated rings. The van der Waals surface area contributed by atoms with Crippen molar-refractivity contribution < 1.29 is 43.7 Å². The Hall–Kier alpha value is -2.65. The van der Waals surface area contributed by atoms with Gasteiger partial charge in [0.15, 0.2) is 11.6 Å². The highest BCUT2D eigenvalue weighted by Gasteiger charge is 2.74. The minimum atomic E-state index is -2.12. The molecular weight excluding hydrogens is 552 g/mol. The molecule has 4 aliphatic rings. The van der Waals surface area contributed by atoms with Gasteiger partial charge in [-0.25, -0.2) is 0 Å². The molecule has 9 nitrogen and oxygen atoms in total. The molecule has 0 aromatic heterocycles. The van der Waals surface area contributed by atoms with Crippen LogP contribution in [-0.2, 0) is 33.4 Å². The molecule has 0 aromatic carbocycles. The maximum atomic E-state index is 14.5. The molecule has 3 saturated carbocycles. The van der Waals surface area contributed by atoms with Crippen molar-refractivity contribution >= 4 is 29.3 Å². The molecule has 0 amide bonds. The molecule has 0 heterocycles. The number of Topliss-reactive ketones (excluding diaryl/α,β-unsaturated/α-hetero) is 2. The predicted octanol–water partition coefficient (Wildman–Crippen LogP) is 4.07. The third kappa shape index (κ3) is 4.85. The van der Waals surface area contributed by atoms with E-state index < -0.39 is 68.7 Å². The van der Waals surface area contributed by atoms with Crippen molar-refractivity contribution in [1.29, 1.82) is 0 Å². The number of hydrogen-bond donors (Lipinski definition) is 2. The summed E-state index contributed by atoms with van der Waals surface area (Å²) in [7, 11) is 0. The highest BCUT2D eigenvalue weighted by Crippen LogP contribution is 2.72. The highest BCUT2D eigenvalue weighted by atomic mass is 16.6. The Bertz CT molecular complexity index is 1320. The largest absolute Gasteiger partial charge is 0.462 e. The van der Waals surface area contributed by atoms with Gasteiger partial charge in [0.1, 0.15) is 29.2 Å². The number of carbonyl (C=O) groups is 5. The van der Waals surface area contributed by atoms with Gasteiger partial charge in [-0.1, -0.05) is 46.3 Å². The number of ketones is 3. The maximum absolute atomic E-state index is 14.5. The lowest BCUT2D eigenvalue weighted by molar-refractivity contribution is -0.174. The van der Waals surface area contributed by atoms with Gasteiger partial charge in [-0.3, -0.25) is 24.0 Å². The summed E-state index contributed by atoms with van der Waals surface area (Å²) in [4.78, 5) is 65.1. The van der Waals surface area contributed by atoms with Crippen molar-refractivity contribution in [3.63, 3.8) is 0 Å². The number of aliphatic hydroxyl groups excluding tert-OH is 1. The number of esters is 2. The van der Waals surface area contributed by atoms with Crippen molar-refractivity contribution in [2.45, 2.75) is 118 Å². The van der Waals surface area contributed by atoms with E-state index in [4.69, 9.17) is 9.47 Å². The lowest BCUT2D eigenvalue weighted by Gasteiger charge is -2.62. The summed E-state index contributed by atoms with van der Waals surface area (Å²) in [6, 6.07) is 0. The fourth-order valence-electron chi connectivity index (χ4n) is 9.71. The first-order valence-corrected chi connectivity index (χ1v) is 15.3. The van der Waals surface area contributed by atoms with Gasteiger partial charge < -0.3 is 19.7 Å². The van der Waals surface area contributed by atoms with Crippen molar-refractivity contribution in [1.82, 2.24) is 0 Å². The van der Waals surface area contributed by atoms with Gasteiger partial charge in [-0.05, 0) is 69.4 Å². The summed E-state index contributed by atoms with van der Waals surface area (Å²) in [5.74, 6) is -3.56. The minimum Gasteiger partial charge on any atom is -0.462 e. The van der Waals surface area contributed by atoms with Crippen LogP contribution in [0, 0.1) is 39.4 Å². The predicted molar refractivity (Wildman–Crippen MR) is 157 cm³/mol. The molecule has 0 radical (unpaired) electrons. The van der Waals surface area contributed by atoms with E-state index in [0.29, 0.717) is 6.42 Å². The van der Waals surface area contributed by atoms with Gasteiger partial charge in [0.05, 0.1) is 0 Å². The van der Waals surface area contributed by atoms with E-state index >= 15 is 0 Å². The van der Waals surface area contributed by atoms with Crippen LogP contribution >= 0.6 is 0 Å². The first-order valence-electron chi connectivity index (χ1n) is 15.3. The zero-order valence-corrected chi connectivity index (χ0v) is 27.2. The molecule has 4 aliphatic carbocycles. The second-order valence-electron chi connectivity index (χ2n) is 15.3. The molecule has 9 heteroatoms. The number of rotatable bonds is 6. The van der Waals surface area contributed by atoms with Crippen LogP contribution in [0.3, 0.4) is 0 Å². The summed E-state index contributed by atoms with van der Waals surface area (Å²) in [5.41, 5.74) is -5.72. The Morgan fingerprint density at radius 2 is 1.60 bits per heavy atom. The molecule has 9 unspecified atom stereocenters. The zero-order valence-electron chi connectivity index (χ0n) is 27.2. The van der Waals surface area contributed by atoms with E-state index in [9.17, 15) is 34.2 Å². The normalized spacial score (nSPS) is 40.1. The summed E-state index contributed by atoms with van der Waals surface area (Å²) >= 11 is 0. The van der Waals surface area contributed by atoms with E-state index in [-0.39, 0.29) is 42.7 Å². The Balaban J connectivity index is 1.82. The Kier molecular flexibility index (Phi) is 7.88. The van der Waals surface area contributed by atoms with Crippen LogP contribution in [0.1, 0.15) is 94.9 Å². The van der Waals surface area contributed by atoms with Gasteiger partial charge >= 0.3 is 11.9 Å². The Labute approximate surface area is 254 Å². The number of allylic oxidation sites excluding steroid dienone is 2. The van der Waals surface area contributed by atoms with E-state index in [2.05, 4.69) is 13.0 Å². The highest BCUT2D eigenvalue weighted by molar-refractivity contribution is 5.99. The van der Waals surface area contributed by atoms with Crippen molar-refractivity contribution in [2.75, 3.05) is 0 Å². The van der Waals surface area contributed by atoms with E-state index in [1.54, 1.807) is 20.8 Å². The monoisotopic (exact) mass is 600 g/mol. The Morgan fingerprint density at radius 1 is 1.00 bits per heavy atom. The second-order valence-corrected chi connectivity index (χ2v) is 15.3. The molecule has 238 valence electrons. The molecule has 0 bridgehead atoms. The van der Waals surface area contributed by atoms with E-state index in [1.165, 1.54) is 26.8 Å². The van der Waals surface area contributed by atoms with Crippen LogP contribution in [0.15, 0.2) is 23.8 Å². The molecule has 4 rings (SSSR count). The summed E-state index contributed by atoms with van der Waals surface area (Å²) < 4.78 is 11.0. The first-order chi connectivity index (χ1) is 19.5. The van der Waals surface area contributed by atoms with Crippen LogP contribution in [0.5, 0.6) is 0 Å². The molecule has 0 spiro atoms. The van der Waals surface area contributed by atoms with Crippen LogP contribution in [0.4, 0.5) is 0 Å². The second kappa shape index (κ2) is 10.2. The number of aliphatic hydroxyl groups is 2. The first kappa shape index (κ1) is 33.2. The topological polar surface area (TPSA) is 144 Å². The summed E-state index contributed by atoms with van der Waals surface area (Å²) in [6.07, 6.45) is 3.78. The molecular formula is C34H48O9. The summed E-state index contributed by atoms with van der Waals surface area (Å²) in [6.45, 7) is 16.6. The van der Waals surface area contributed by atoms with Crippen molar-refractivity contribution in [2.24, 2.45) is 39.4 Å². The van der Waals surface area contributed by atoms with Crippen LogP contribution < -0.4 is 0 Å². The average Bonchev–Trinajstić information content (AvgIpc) is 3.09. The fourth-order valence-corrected chi connectivity index (χ4v) is 9.71. The smallest absolute Gasteiger partial charge is 0.303 e. The Morgan fingerprint density at radius 3 is 2.16 bits per heavy atom. The van der Waals surface area contributed by atoms with Crippen molar-refractivity contribution in [3.05, 3.63) is 23.8 Å². The maximum Gasteiger partial charge on any atom is 0.303 e. The lowest BCUT2D eigenvalue weighted by Crippen LogP contribution is -2.64. The van der Waals surface area contributed by atoms with Gasteiger partial charge in [-0.15, -0.1) is 0 Å².